The topological polar surface area (TPSA) is 58.2 Å². The summed E-state index contributed by atoms with van der Waals surface area (Å²) in [5.41, 5.74) is 1.81. The molecule has 0 fully saturated rings. The molecule has 0 heterocycles. The molecule has 4 heteroatoms. The first-order valence-corrected chi connectivity index (χ1v) is 7.74. The van der Waals surface area contributed by atoms with Crippen LogP contribution in [0.3, 0.4) is 0 Å². The fourth-order valence-corrected chi connectivity index (χ4v) is 2.26. The number of nitrogens with one attached hydrogen (secondary N) is 2. The molecule has 1 unspecified atom stereocenters. The molecule has 0 spiro atoms. The lowest BCUT2D eigenvalue weighted by Crippen LogP contribution is -2.47. The van der Waals surface area contributed by atoms with Crippen molar-refractivity contribution >= 4 is 17.5 Å². The van der Waals surface area contributed by atoms with E-state index in [-0.39, 0.29) is 17.7 Å². The Morgan fingerprint density at radius 2 is 1.75 bits per heavy atom. The van der Waals surface area contributed by atoms with E-state index in [2.05, 4.69) is 16.6 Å². The van der Waals surface area contributed by atoms with Gasteiger partial charge in [0.1, 0.15) is 6.04 Å². The Morgan fingerprint density at radius 3 is 2.38 bits per heavy atom. The van der Waals surface area contributed by atoms with Gasteiger partial charge in [0.05, 0.1) is 0 Å². The molecule has 2 amide bonds. The number of terminal acetylenes is 1. The van der Waals surface area contributed by atoms with Crippen LogP contribution >= 0.6 is 0 Å². The van der Waals surface area contributed by atoms with Crippen LogP contribution in [-0.2, 0) is 4.79 Å². The number of carbonyl (C=O) groups excluding carboxylic acids is 2. The zero-order valence-electron chi connectivity index (χ0n) is 13.7. The van der Waals surface area contributed by atoms with E-state index in [0.29, 0.717) is 16.8 Å². The Morgan fingerprint density at radius 1 is 1.04 bits per heavy atom. The lowest BCUT2D eigenvalue weighted by atomic mass is 10.0. The van der Waals surface area contributed by atoms with E-state index in [1.165, 1.54) is 0 Å². The average Bonchev–Trinajstić information content (AvgIpc) is 2.60. The van der Waals surface area contributed by atoms with Crippen molar-refractivity contribution in [2.45, 2.75) is 19.9 Å². The van der Waals surface area contributed by atoms with Crippen molar-refractivity contribution in [3.63, 3.8) is 0 Å². The molecule has 0 saturated heterocycles. The highest BCUT2D eigenvalue weighted by atomic mass is 16.2. The molecule has 2 aromatic rings. The summed E-state index contributed by atoms with van der Waals surface area (Å²) in [5, 5.41) is 5.60. The van der Waals surface area contributed by atoms with Gasteiger partial charge in [0.15, 0.2) is 0 Å². The number of amides is 2. The van der Waals surface area contributed by atoms with Crippen LogP contribution in [0.15, 0.2) is 54.6 Å². The fraction of sp³-hybridized carbons (Fsp3) is 0.200. The van der Waals surface area contributed by atoms with Gasteiger partial charge in [0.2, 0.25) is 5.91 Å². The molecule has 0 aliphatic heterocycles. The molecule has 4 nitrogen and oxygen atoms in total. The van der Waals surface area contributed by atoms with Crippen molar-refractivity contribution in [2.24, 2.45) is 5.92 Å². The number of carbonyl (C=O) groups is 2. The minimum Gasteiger partial charge on any atom is -0.340 e. The monoisotopic (exact) mass is 320 g/mol. The van der Waals surface area contributed by atoms with E-state index in [9.17, 15) is 9.59 Å². The van der Waals surface area contributed by atoms with Gasteiger partial charge >= 0.3 is 0 Å². The molecule has 24 heavy (non-hydrogen) atoms. The third-order valence-electron chi connectivity index (χ3n) is 3.57. The summed E-state index contributed by atoms with van der Waals surface area (Å²) in [6.45, 7) is 3.76. The summed E-state index contributed by atoms with van der Waals surface area (Å²) in [6, 6.07) is 15.2. The maximum atomic E-state index is 12.5. The van der Waals surface area contributed by atoms with Gasteiger partial charge < -0.3 is 10.6 Å². The fourth-order valence-electron chi connectivity index (χ4n) is 2.26. The first-order valence-electron chi connectivity index (χ1n) is 7.74. The summed E-state index contributed by atoms with van der Waals surface area (Å²) in [7, 11) is 0. The van der Waals surface area contributed by atoms with E-state index in [4.69, 9.17) is 6.42 Å². The Kier molecular flexibility index (Phi) is 5.75. The van der Waals surface area contributed by atoms with Gasteiger partial charge in [-0.3, -0.25) is 9.59 Å². The lowest BCUT2D eigenvalue weighted by Gasteiger charge is -2.22. The van der Waals surface area contributed by atoms with Gasteiger partial charge in [-0.1, -0.05) is 44.0 Å². The Labute approximate surface area is 142 Å². The molecule has 2 rings (SSSR count). The molecule has 2 N–H and O–H groups in total. The third kappa shape index (κ3) is 4.47. The number of hydrogen-bond acceptors (Lipinski definition) is 2. The molecule has 2 aromatic carbocycles. The summed E-state index contributed by atoms with van der Waals surface area (Å²) >= 11 is 0. The minimum atomic E-state index is -0.646. The van der Waals surface area contributed by atoms with Gasteiger partial charge in [-0.15, -0.1) is 6.42 Å². The van der Waals surface area contributed by atoms with Crippen LogP contribution in [0.4, 0.5) is 5.69 Å². The number of hydrogen-bond donors (Lipinski definition) is 2. The van der Waals surface area contributed by atoms with E-state index in [1.807, 2.05) is 19.9 Å². The van der Waals surface area contributed by atoms with Crippen LogP contribution in [0, 0.1) is 18.3 Å². The standard InChI is InChI=1S/C20H20N2O2/c1-4-15-9-8-12-17(13-15)21-20(24)18(14(2)3)22-19(23)16-10-6-5-7-11-16/h1,5-14,18H,2-3H3,(H,21,24)(H,22,23). The molecule has 0 bridgehead atoms. The third-order valence-corrected chi connectivity index (χ3v) is 3.57. The van der Waals surface area contributed by atoms with Crippen LogP contribution in [0.2, 0.25) is 0 Å². The highest BCUT2D eigenvalue weighted by Crippen LogP contribution is 2.12. The van der Waals surface area contributed by atoms with Crippen LogP contribution in [0.1, 0.15) is 29.8 Å². The van der Waals surface area contributed by atoms with Crippen molar-refractivity contribution in [1.82, 2.24) is 5.32 Å². The SMILES string of the molecule is C#Cc1cccc(NC(=O)C(NC(=O)c2ccccc2)C(C)C)c1. The van der Waals surface area contributed by atoms with E-state index >= 15 is 0 Å². The molecule has 0 saturated carbocycles. The highest BCUT2D eigenvalue weighted by molar-refractivity contribution is 6.01. The van der Waals surface area contributed by atoms with Crippen molar-refractivity contribution in [3.8, 4) is 12.3 Å². The van der Waals surface area contributed by atoms with E-state index < -0.39 is 6.04 Å². The van der Waals surface area contributed by atoms with Gasteiger partial charge in [-0.05, 0) is 36.2 Å². The molecule has 122 valence electrons. The second kappa shape index (κ2) is 7.98. The summed E-state index contributed by atoms with van der Waals surface area (Å²) in [5.74, 6) is 1.91. The summed E-state index contributed by atoms with van der Waals surface area (Å²) in [4.78, 5) is 24.8. The predicted octanol–water partition coefficient (Wildman–Crippen LogP) is 3.06. The Bertz CT molecular complexity index is 761. The van der Waals surface area contributed by atoms with Gasteiger partial charge in [-0.25, -0.2) is 0 Å². The first-order chi connectivity index (χ1) is 11.5. The minimum absolute atomic E-state index is 0.0616. The molecular formula is C20H20N2O2. The van der Waals surface area contributed by atoms with Crippen molar-refractivity contribution in [3.05, 3.63) is 65.7 Å². The second-order valence-corrected chi connectivity index (χ2v) is 5.78. The average molecular weight is 320 g/mol. The number of rotatable bonds is 5. The Balaban J connectivity index is 2.10. The smallest absolute Gasteiger partial charge is 0.251 e. The Hall–Kier alpha value is -3.06. The summed E-state index contributed by atoms with van der Waals surface area (Å²) in [6.07, 6.45) is 5.37. The maximum Gasteiger partial charge on any atom is 0.251 e. The molecule has 0 aliphatic carbocycles. The molecule has 0 radical (unpaired) electrons. The van der Waals surface area contributed by atoms with E-state index in [1.54, 1.807) is 48.5 Å². The highest BCUT2D eigenvalue weighted by Gasteiger charge is 2.24. The van der Waals surface area contributed by atoms with E-state index in [0.717, 1.165) is 0 Å². The maximum absolute atomic E-state index is 12.5. The zero-order valence-corrected chi connectivity index (χ0v) is 13.7. The molecular weight excluding hydrogens is 300 g/mol. The van der Waals surface area contributed by atoms with Crippen molar-refractivity contribution in [1.29, 1.82) is 0 Å². The normalized spacial score (nSPS) is 11.4. The van der Waals surface area contributed by atoms with Crippen LogP contribution in [0.25, 0.3) is 0 Å². The zero-order chi connectivity index (χ0) is 17.5. The van der Waals surface area contributed by atoms with Crippen LogP contribution < -0.4 is 10.6 Å². The lowest BCUT2D eigenvalue weighted by molar-refractivity contribution is -0.118. The van der Waals surface area contributed by atoms with Crippen LogP contribution in [-0.4, -0.2) is 17.9 Å². The number of anilines is 1. The number of benzene rings is 2. The van der Waals surface area contributed by atoms with Gasteiger partial charge in [0.25, 0.3) is 5.91 Å². The van der Waals surface area contributed by atoms with Gasteiger partial charge in [0, 0.05) is 16.8 Å². The quantitative estimate of drug-likeness (QED) is 0.832. The van der Waals surface area contributed by atoms with Gasteiger partial charge in [-0.2, -0.15) is 0 Å². The molecule has 1 atom stereocenters. The first kappa shape index (κ1) is 17.3. The second-order valence-electron chi connectivity index (χ2n) is 5.78. The largest absolute Gasteiger partial charge is 0.340 e. The summed E-state index contributed by atoms with van der Waals surface area (Å²) < 4.78 is 0. The van der Waals surface area contributed by atoms with Crippen molar-refractivity contribution in [2.75, 3.05) is 5.32 Å². The molecule has 0 aliphatic rings. The molecule has 0 aromatic heterocycles. The predicted molar refractivity (Wildman–Crippen MR) is 95.5 cm³/mol. The van der Waals surface area contributed by atoms with Crippen LogP contribution in [0.5, 0.6) is 0 Å². The van der Waals surface area contributed by atoms with Crippen molar-refractivity contribution < 1.29 is 9.59 Å².